The number of carboxylic acids is 1. The minimum absolute atomic E-state index is 0.109. The van der Waals surface area contributed by atoms with E-state index in [2.05, 4.69) is 14.7 Å². The highest BCUT2D eigenvalue weighted by atomic mass is 32.1. The molecule has 26 heavy (non-hydrogen) atoms. The molecule has 144 valence electrons. The summed E-state index contributed by atoms with van der Waals surface area (Å²) in [5.41, 5.74) is -0.878. The maximum atomic E-state index is 12.0. The Balaban J connectivity index is 0.000000263. The molecule has 0 spiro atoms. The number of alkyl halides is 6. The Hall–Kier alpha value is -2.22. The van der Waals surface area contributed by atoms with Gasteiger partial charge in [0.2, 0.25) is 0 Å². The smallest absolute Gasteiger partial charge is 0.443 e. The van der Waals surface area contributed by atoms with E-state index in [1.54, 1.807) is 6.92 Å². The van der Waals surface area contributed by atoms with Crippen LogP contribution in [0.4, 0.5) is 26.3 Å². The molecule has 0 aliphatic carbocycles. The van der Waals surface area contributed by atoms with Gasteiger partial charge in [-0.1, -0.05) is 0 Å². The van der Waals surface area contributed by atoms with Crippen LogP contribution in [0.25, 0.3) is 0 Å². The second-order valence-electron chi connectivity index (χ2n) is 4.10. The Morgan fingerprint density at radius 3 is 1.73 bits per heavy atom. The second-order valence-corrected chi connectivity index (χ2v) is 5.81. The van der Waals surface area contributed by atoms with E-state index >= 15 is 0 Å². The molecule has 2 rings (SSSR count). The van der Waals surface area contributed by atoms with Crippen molar-refractivity contribution in [1.82, 2.24) is 9.97 Å². The minimum Gasteiger partial charge on any atom is -0.476 e. The molecule has 0 saturated carbocycles. The highest BCUT2D eigenvalue weighted by molar-refractivity contribution is 7.10. The van der Waals surface area contributed by atoms with Crippen LogP contribution in [0.3, 0.4) is 0 Å². The summed E-state index contributed by atoms with van der Waals surface area (Å²) in [6.45, 7) is 1.67. The summed E-state index contributed by atoms with van der Waals surface area (Å²) < 4.78 is 76.1. The van der Waals surface area contributed by atoms with Gasteiger partial charge in [-0.3, -0.25) is 0 Å². The van der Waals surface area contributed by atoms with Crippen LogP contribution < -0.4 is 0 Å². The van der Waals surface area contributed by atoms with E-state index < -0.39 is 40.0 Å². The third-order valence-electron chi connectivity index (χ3n) is 2.20. The third-order valence-corrected chi connectivity index (χ3v) is 3.97. The van der Waals surface area contributed by atoms with Gasteiger partial charge in [-0.25, -0.2) is 19.6 Å². The zero-order chi connectivity index (χ0) is 20.1. The first-order chi connectivity index (χ1) is 11.9. The molecule has 0 aliphatic rings. The first kappa shape index (κ1) is 21.8. The molecule has 2 aromatic rings. The Kier molecular flexibility index (Phi) is 7.08. The molecule has 0 radical (unpaired) electrons. The third kappa shape index (κ3) is 6.25. The average Bonchev–Trinajstić information content (AvgIpc) is 3.17. The number of hydrogen-bond donors (Lipinski definition) is 1. The number of thiazole rings is 2. The molecular weight excluding hydrogens is 414 g/mol. The monoisotopic (exact) mass is 422 g/mol. The van der Waals surface area contributed by atoms with Gasteiger partial charge in [0.25, 0.3) is 0 Å². The fraction of sp³-hybridized carbons (Fsp3) is 0.333. The predicted molar refractivity (Wildman–Crippen MR) is 77.1 cm³/mol. The van der Waals surface area contributed by atoms with Crippen molar-refractivity contribution in [3.05, 3.63) is 32.2 Å². The summed E-state index contributed by atoms with van der Waals surface area (Å²) in [6.07, 6.45) is -9.06. The van der Waals surface area contributed by atoms with E-state index in [-0.39, 0.29) is 23.6 Å². The van der Waals surface area contributed by atoms with Crippen LogP contribution >= 0.6 is 22.7 Å². The van der Waals surface area contributed by atoms with E-state index in [0.29, 0.717) is 11.3 Å². The van der Waals surface area contributed by atoms with Crippen LogP contribution in [-0.2, 0) is 17.1 Å². The summed E-state index contributed by atoms with van der Waals surface area (Å²) in [6, 6.07) is 0. The van der Waals surface area contributed by atoms with Gasteiger partial charge in [0.15, 0.2) is 21.4 Å². The first-order valence-corrected chi connectivity index (χ1v) is 8.08. The lowest BCUT2D eigenvalue weighted by atomic mass is 10.5. The molecule has 0 atom stereocenters. The zero-order valence-electron chi connectivity index (χ0n) is 12.5. The fourth-order valence-corrected chi connectivity index (χ4v) is 2.52. The summed E-state index contributed by atoms with van der Waals surface area (Å²) in [5.74, 6) is -2.29. The number of halogens is 6. The van der Waals surface area contributed by atoms with Crippen molar-refractivity contribution in [1.29, 1.82) is 0 Å². The normalized spacial score (nSPS) is 11.5. The SMILES string of the molecule is CCOC(=O)c1csc(C(F)(F)F)n1.O=C(O)c1csc(C(F)(F)F)n1. The average molecular weight is 422 g/mol. The van der Waals surface area contributed by atoms with Gasteiger partial charge >= 0.3 is 24.3 Å². The zero-order valence-corrected chi connectivity index (χ0v) is 14.1. The molecule has 0 fully saturated rings. The van der Waals surface area contributed by atoms with Gasteiger partial charge in [0.1, 0.15) is 0 Å². The van der Waals surface area contributed by atoms with Crippen molar-refractivity contribution in [2.75, 3.05) is 6.61 Å². The van der Waals surface area contributed by atoms with Crippen molar-refractivity contribution in [2.45, 2.75) is 19.3 Å². The molecule has 0 aliphatic heterocycles. The van der Waals surface area contributed by atoms with Crippen LogP contribution in [0.2, 0.25) is 0 Å². The number of nitrogens with zero attached hydrogens (tertiary/aromatic N) is 2. The van der Waals surface area contributed by atoms with Crippen LogP contribution in [0.15, 0.2) is 10.8 Å². The fourth-order valence-electron chi connectivity index (χ4n) is 1.20. The van der Waals surface area contributed by atoms with Crippen molar-refractivity contribution in [3.8, 4) is 0 Å². The Bertz CT molecular complexity index is 768. The van der Waals surface area contributed by atoms with E-state index in [4.69, 9.17) is 5.11 Å². The van der Waals surface area contributed by atoms with Crippen molar-refractivity contribution < 1.29 is 45.8 Å². The molecule has 0 saturated heterocycles. The van der Waals surface area contributed by atoms with E-state index in [9.17, 15) is 35.9 Å². The quantitative estimate of drug-likeness (QED) is 0.589. The topological polar surface area (TPSA) is 89.4 Å². The molecule has 0 amide bonds. The van der Waals surface area contributed by atoms with E-state index in [1.165, 1.54) is 0 Å². The second kappa shape index (κ2) is 8.44. The van der Waals surface area contributed by atoms with E-state index in [0.717, 1.165) is 10.8 Å². The Labute approximate surface area is 149 Å². The number of aromatic nitrogens is 2. The number of carbonyl (C=O) groups is 2. The van der Waals surface area contributed by atoms with Gasteiger partial charge < -0.3 is 9.84 Å². The van der Waals surface area contributed by atoms with Gasteiger partial charge in [0, 0.05) is 10.8 Å². The van der Waals surface area contributed by atoms with Crippen molar-refractivity contribution in [2.24, 2.45) is 0 Å². The number of rotatable bonds is 3. The maximum Gasteiger partial charge on any atom is 0.443 e. The highest BCUT2D eigenvalue weighted by Gasteiger charge is 2.36. The molecule has 2 heterocycles. The van der Waals surface area contributed by atoms with Gasteiger partial charge in [0.05, 0.1) is 6.61 Å². The van der Waals surface area contributed by atoms with Crippen LogP contribution in [-0.4, -0.2) is 33.6 Å². The lowest BCUT2D eigenvalue weighted by molar-refractivity contribution is -0.138. The van der Waals surface area contributed by atoms with Gasteiger partial charge in [-0.2, -0.15) is 26.3 Å². The van der Waals surface area contributed by atoms with Gasteiger partial charge in [-0.05, 0) is 6.92 Å². The number of hydrogen-bond acceptors (Lipinski definition) is 7. The number of esters is 1. The van der Waals surface area contributed by atoms with Crippen LogP contribution in [0.1, 0.15) is 37.9 Å². The summed E-state index contributed by atoms with van der Waals surface area (Å²) in [7, 11) is 0. The highest BCUT2D eigenvalue weighted by Crippen LogP contribution is 2.32. The van der Waals surface area contributed by atoms with Crippen LogP contribution in [0.5, 0.6) is 0 Å². The standard InChI is InChI=1S/C7H6F3NO2S.C5H2F3NO2S/c1-2-13-5(12)4-3-14-6(11-4)7(8,9)10;6-5(7,8)4-9-2(1-12-4)3(10)11/h3H,2H2,1H3;1H,(H,10,11). The Morgan fingerprint density at radius 2 is 1.42 bits per heavy atom. The van der Waals surface area contributed by atoms with Crippen molar-refractivity contribution in [3.63, 3.8) is 0 Å². The molecule has 0 aromatic carbocycles. The molecule has 1 N–H and O–H groups in total. The summed E-state index contributed by atoms with van der Waals surface area (Å²) in [4.78, 5) is 27.1. The predicted octanol–water partition coefficient (Wildman–Crippen LogP) is 4.20. The van der Waals surface area contributed by atoms with Gasteiger partial charge in [-0.15, -0.1) is 22.7 Å². The lowest BCUT2D eigenvalue weighted by Crippen LogP contribution is -2.08. The molecule has 6 nitrogen and oxygen atoms in total. The summed E-state index contributed by atoms with van der Waals surface area (Å²) in [5, 5.41) is 7.94. The van der Waals surface area contributed by atoms with Crippen molar-refractivity contribution >= 4 is 34.6 Å². The minimum atomic E-state index is -4.56. The number of carbonyl (C=O) groups excluding carboxylic acids is 1. The maximum absolute atomic E-state index is 12.0. The first-order valence-electron chi connectivity index (χ1n) is 6.32. The number of carboxylic acid groups (broad SMARTS) is 1. The molecule has 14 heteroatoms. The largest absolute Gasteiger partial charge is 0.476 e. The molecular formula is C12H8F6N2O4S2. The summed E-state index contributed by atoms with van der Waals surface area (Å²) >= 11 is 0.642. The van der Waals surface area contributed by atoms with Crippen LogP contribution in [0, 0.1) is 0 Å². The Morgan fingerprint density at radius 1 is 1.00 bits per heavy atom. The molecule has 0 unspecified atom stereocenters. The number of ether oxygens (including phenoxy) is 1. The molecule has 2 aromatic heterocycles. The number of aromatic carboxylic acids is 1. The van der Waals surface area contributed by atoms with E-state index in [1.807, 2.05) is 0 Å². The molecule has 0 bridgehead atoms. The lowest BCUT2D eigenvalue weighted by Gasteiger charge is -1.99.